The van der Waals surface area contributed by atoms with Crippen molar-refractivity contribution in [1.29, 1.82) is 0 Å². The minimum atomic E-state index is -5.61. The zero-order valence-electron chi connectivity index (χ0n) is 7.80. The van der Waals surface area contributed by atoms with Gasteiger partial charge in [0.15, 0.2) is 0 Å². The number of hydrogen-bond donors (Lipinski definition) is 0. The normalized spacial score (nSPS) is 6.08. The van der Waals surface area contributed by atoms with Crippen molar-refractivity contribution in [2.45, 2.75) is 0 Å². The summed E-state index contributed by atoms with van der Waals surface area (Å²) in [5, 5.41) is 0. The Morgan fingerprint density at radius 1 is 0.917 bits per heavy atom. The van der Waals surface area contributed by atoms with Crippen molar-refractivity contribution in [3.05, 3.63) is 12.9 Å². The van der Waals surface area contributed by atoms with Crippen molar-refractivity contribution < 1.29 is 229 Å². The van der Waals surface area contributed by atoms with Crippen LogP contribution in [0, 0.1) is 0 Å². The molecule has 0 aromatic heterocycles. The minimum absolute atomic E-state index is 0. The van der Waals surface area contributed by atoms with Crippen LogP contribution in [0.15, 0.2) is 12.9 Å². The zero-order valence-corrected chi connectivity index (χ0v) is 21.3. The number of rotatable bonds is 0. The van der Waals surface area contributed by atoms with Crippen molar-refractivity contribution in [3.63, 3.8) is 0 Å². The van der Waals surface area contributed by atoms with Crippen molar-refractivity contribution >= 4 is 9.05 Å². The van der Waals surface area contributed by atoms with Gasteiger partial charge in [-0.3, -0.25) is 0 Å². The van der Waals surface area contributed by atoms with Crippen LogP contribution in [-0.4, -0.2) is 9.05 Å². The molecule has 0 bridgehead atoms. The van der Waals surface area contributed by atoms with E-state index in [1.165, 1.54) is 0 Å². The average molecular weight is 295 g/mol. The summed E-state index contributed by atoms with van der Waals surface area (Å²) in [6.07, 6.45) is 0.250. The molecule has 0 heterocycles. The van der Waals surface area contributed by atoms with Crippen LogP contribution in [0.4, 0.5) is 4.39 Å². The van der Waals surface area contributed by atoms with Gasteiger partial charge in [0, 0.05) is 0 Å². The first-order chi connectivity index (χ1) is 3.41. The third-order valence-electron chi connectivity index (χ3n) is 0. The molecule has 0 amide bonds. The Morgan fingerprint density at radius 2 is 0.917 bits per heavy atom. The molecule has 0 aliphatic rings. The maximum atomic E-state index is 10.1. The molecule has 0 atom stereocenters. The molecular formula is C2H3FK4O4Si. The van der Waals surface area contributed by atoms with Crippen molar-refractivity contribution in [2.75, 3.05) is 0 Å². The molecule has 0 spiro atoms. The summed E-state index contributed by atoms with van der Waals surface area (Å²) in [4.78, 5) is 34.3. The maximum Gasteiger partial charge on any atom is 1.00 e. The Labute approximate surface area is 242 Å². The quantitative estimate of drug-likeness (QED) is 0.415. The molecule has 0 unspecified atom stereocenters. The van der Waals surface area contributed by atoms with E-state index in [2.05, 4.69) is 6.58 Å². The maximum absolute atomic E-state index is 10.1. The fourth-order valence-corrected chi connectivity index (χ4v) is 0. The van der Waals surface area contributed by atoms with E-state index in [1.54, 1.807) is 0 Å². The topological polar surface area (TPSA) is 92.2 Å². The van der Waals surface area contributed by atoms with Crippen LogP contribution >= 0.6 is 0 Å². The molecule has 0 aliphatic carbocycles. The van der Waals surface area contributed by atoms with E-state index >= 15 is 0 Å². The molecular weight excluding hydrogens is 291 g/mol. The third kappa shape index (κ3) is 96.5. The summed E-state index contributed by atoms with van der Waals surface area (Å²) in [6.45, 7) is 2.69. The van der Waals surface area contributed by atoms with Crippen LogP contribution in [-0.2, 0) is 0 Å². The molecule has 0 aromatic rings. The Balaban J connectivity index is -0.0000000119. The van der Waals surface area contributed by atoms with Crippen LogP contribution in [0.2, 0.25) is 0 Å². The second-order valence-electron chi connectivity index (χ2n) is 0.654. The fraction of sp³-hybridized carbons (Fsp3) is 0. The first-order valence-electron chi connectivity index (χ1n) is 1.44. The monoisotopic (exact) mass is 294 g/mol. The molecule has 0 N–H and O–H groups in total. The van der Waals surface area contributed by atoms with E-state index < -0.39 is 9.05 Å². The minimum Gasteiger partial charge on any atom is -0.894 e. The van der Waals surface area contributed by atoms with Crippen LogP contribution in [0.1, 0.15) is 0 Å². The fourth-order valence-electron chi connectivity index (χ4n) is 0. The van der Waals surface area contributed by atoms with E-state index in [4.69, 9.17) is 19.2 Å². The van der Waals surface area contributed by atoms with Gasteiger partial charge in [0.1, 0.15) is 0 Å². The van der Waals surface area contributed by atoms with Gasteiger partial charge in [-0.15, -0.1) is 0 Å². The molecule has 0 aliphatic heterocycles. The van der Waals surface area contributed by atoms with E-state index in [-0.39, 0.29) is 212 Å². The summed E-state index contributed by atoms with van der Waals surface area (Å²) in [6, 6.07) is 0. The summed E-state index contributed by atoms with van der Waals surface area (Å²) in [7, 11) is -5.61. The molecule has 10 heteroatoms. The standard InChI is InChI=1S/C2H3F.4K.O4Si/c1-2-3;;;;;1-5(2,3)4/h2H,1H2;;;;;/q;4*+1;-4. The van der Waals surface area contributed by atoms with Crippen LogP contribution in [0.3, 0.4) is 0 Å². The molecule has 0 saturated heterocycles. The number of hydrogen-bond acceptors (Lipinski definition) is 4. The van der Waals surface area contributed by atoms with Gasteiger partial charge in [-0.1, -0.05) is 6.58 Å². The van der Waals surface area contributed by atoms with E-state index in [0.717, 1.165) is 0 Å². The van der Waals surface area contributed by atoms with Gasteiger partial charge < -0.3 is 28.2 Å². The van der Waals surface area contributed by atoms with Gasteiger partial charge in [-0.2, -0.15) is 0 Å². The van der Waals surface area contributed by atoms with E-state index in [1.807, 2.05) is 0 Å². The van der Waals surface area contributed by atoms with E-state index in [0.29, 0.717) is 0 Å². The van der Waals surface area contributed by atoms with Crippen molar-refractivity contribution in [1.82, 2.24) is 0 Å². The SMILES string of the molecule is C=CF.[K+].[K+].[K+].[K+].[O-][Si]([O-])([O-])[O-]. The predicted molar refractivity (Wildman–Crippen MR) is 17.1 cm³/mol. The zero-order chi connectivity index (χ0) is 7.21. The molecule has 0 rings (SSSR count). The Bertz CT molecular complexity index is 64.6. The Morgan fingerprint density at radius 3 is 0.917 bits per heavy atom. The molecule has 4 nitrogen and oxygen atoms in total. The third-order valence-corrected chi connectivity index (χ3v) is 0. The average Bonchev–Trinajstić information content (AvgIpc) is 1.27. The summed E-state index contributed by atoms with van der Waals surface area (Å²) in [5.41, 5.74) is 0. The molecule has 0 fully saturated rings. The molecule has 0 radical (unpaired) electrons. The van der Waals surface area contributed by atoms with Crippen molar-refractivity contribution in [2.24, 2.45) is 0 Å². The Hall–Kier alpha value is 6.27. The molecule has 0 saturated carbocycles. The summed E-state index contributed by atoms with van der Waals surface area (Å²) < 4.78 is 10.1. The van der Waals surface area contributed by atoms with Crippen LogP contribution < -0.4 is 225 Å². The van der Waals surface area contributed by atoms with Crippen LogP contribution in [0.5, 0.6) is 0 Å². The largest absolute Gasteiger partial charge is 1.00 e. The number of halogens is 1. The molecule has 12 heavy (non-hydrogen) atoms. The van der Waals surface area contributed by atoms with Gasteiger partial charge in [0.25, 0.3) is 0 Å². The molecule has 0 aromatic carbocycles. The van der Waals surface area contributed by atoms with Gasteiger partial charge in [0.2, 0.25) is 0 Å². The summed E-state index contributed by atoms with van der Waals surface area (Å²) in [5.74, 6) is 0. The van der Waals surface area contributed by atoms with Gasteiger partial charge in [-0.05, 0) is 0 Å². The van der Waals surface area contributed by atoms with Gasteiger partial charge in [0.05, 0.1) is 6.33 Å². The Kier molecular flexibility index (Phi) is 78.3. The smallest absolute Gasteiger partial charge is 0.894 e. The molecule has 50 valence electrons. The van der Waals surface area contributed by atoms with Gasteiger partial charge in [-0.25, -0.2) is 4.39 Å². The second kappa shape index (κ2) is 26.0. The van der Waals surface area contributed by atoms with E-state index in [9.17, 15) is 4.39 Å². The summed E-state index contributed by atoms with van der Waals surface area (Å²) >= 11 is 0. The first kappa shape index (κ1) is 36.2. The first-order valence-corrected chi connectivity index (χ1v) is 3.08. The van der Waals surface area contributed by atoms with Crippen LogP contribution in [0.25, 0.3) is 0 Å². The second-order valence-corrected chi connectivity index (χ2v) is 1.65. The predicted octanol–water partition coefficient (Wildman–Crippen LogP) is -16.0. The van der Waals surface area contributed by atoms with Gasteiger partial charge >= 0.3 is 206 Å². The van der Waals surface area contributed by atoms with Crippen molar-refractivity contribution in [3.8, 4) is 0 Å².